The lowest BCUT2D eigenvalue weighted by atomic mass is 9.93. The molecule has 0 saturated carbocycles. The highest BCUT2D eigenvalue weighted by atomic mass is 16.5. The molecular weight excluding hydrogens is 224 g/mol. The standard InChI is InChI=1S/C16H22O2/c17-16(15-7-2-1-3-8-15)9-5-4-6-14-10-12-18-13-11-14/h1-3,7-8,14H,4-6,9-13H2. The van der Waals surface area contributed by atoms with Crippen LogP contribution in [0.2, 0.25) is 0 Å². The molecule has 0 N–H and O–H groups in total. The summed E-state index contributed by atoms with van der Waals surface area (Å²) >= 11 is 0. The maximum Gasteiger partial charge on any atom is 0.162 e. The molecule has 98 valence electrons. The Kier molecular flexibility index (Phi) is 5.40. The molecule has 0 bridgehead atoms. The minimum atomic E-state index is 0.280. The van der Waals surface area contributed by atoms with Crippen LogP contribution in [0.25, 0.3) is 0 Å². The van der Waals surface area contributed by atoms with Gasteiger partial charge in [-0.25, -0.2) is 0 Å². The van der Waals surface area contributed by atoms with Crippen molar-refractivity contribution in [2.45, 2.75) is 38.5 Å². The Balaban J connectivity index is 1.62. The van der Waals surface area contributed by atoms with Crippen LogP contribution in [0.5, 0.6) is 0 Å². The van der Waals surface area contributed by atoms with Gasteiger partial charge in [0.05, 0.1) is 0 Å². The largest absolute Gasteiger partial charge is 0.381 e. The van der Waals surface area contributed by atoms with Gasteiger partial charge in [-0.15, -0.1) is 0 Å². The van der Waals surface area contributed by atoms with E-state index in [2.05, 4.69) is 0 Å². The van der Waals surface area contributed by atoms with Crippen molar-refractivity contribution in [1.82, 2.24) is 0 Å². The number of unbranched alkanes of at least 4 members (excludes halogenated alkanes) is 1. The predicted octanol–water partition coefficient (Wildman–Crippen LogP) is 3.86. The van der Waals surface area contributed by atoms with E-state index >= 15 is 0 Å². The van der Waals surface area contributed by atoms with E-state index in [9.17, 15) is 4.79 Å². The first-order valence-electron chi connectivity index (χ1n) is 7.02. The van der Waals surface area contributed by atoms with E-state index in [1.807, 2.05) is 30.3 Å². The molecule has 1 heterocycles. The van der Waals surface area contributed by atoms with Crippen LogP contribution < -0.4 is 0 Å². The van der Waals surface area contributed by atoms with Gasteiger partial charge in [-0.2, -0.15) is 0 Å². The van der Waals surface area contributed by atoms with Crippen molar-refractivity contribution < 1.29 is 9.53 Å². The molecule has 0 aromatic heterocycles. The zero-order valence-corrected chi connectivity index (χ0v) is 10.9. The third-order valence-electron chi connectivity index (χ3n) is 3.70. The molecule has 1 aliphatic rings. The highest BCUT2D eigenvalue weighted by Gasteiger charge is 2.13. The fourth-order valence-electron chi connectivity index (χ4n) is 2.52. The summed E-state index contributed by atoms with van der Waals surface area (Å²) < 4.78 is 5.35. The number of hydrogen-bond donors (Lipinski definition) is 0. The summed E-state index contributed by atoms with van der Waals surface area (Å²) in [4.78, 5) is 11.9. The SMILES string of the molecule is O=C(CCCCC1CCOCC1)c1ccccc1. The van der Waals surface area contributed by atoms with Crippen LogP contribution in [-0.4, -0.2) is 19.0 Å². The molecule has 0 unspecified atom stereocenters. The number of benzene rings is 1. The highest BCUT2D eigenvalue weighted by molar-refractivity contribution is 5.95. The summed E-state index contributed by atoms with van der Waals surface area (Å²) in [5, 5.41) is 0. The topological polar surface area (TPSA) is 26.3 Å². The van der Waals surface area contributed by atoms with E-state index in [4.69, 9.17) is 4.74 Å². The Labute approximate surface area is 109 Å². The summed E-state index contributed by atoms with van der Waals surface area (Å²) in [6.45, 7) is 1.85. The van der Waals surface area contributed by atoms with Gasteiger partial charge in [0, 0.05) is 25.2 Å². The third-order valence-corrected chi connectivity index (χ3v) is 3.70. The van der Waals surface area contributed by atoms with Crippen molar-refractivity contribution in [2.24, 2.45) is 5.92 Å². The summed E-state index contributed by atoms with van der Waals surface area (Å²) in [7, 11) is 0. The van der Waals surface area contributed by atoms with E-state index in [0.29, 0.717) is 6.42 Å². The number of ether oxygens (including phenoxy) is 1. The van der Waals surface area contributed by atoms with Crippen molar-refractivity contribution in [3.63, 3.8) is 0 Å². The minimum Gasteiger partial charge on any atom is -0.381 e. The zero-order valence-electron chi connectivity index (χ0n) is 10.9. The van der Waals surface area contributed by atoms with E-state index in [1.165, 1.54) is 25.7 Å². The molecule has 1 saturated heterocycles. The first kappa shape index (κ1) is 13.3. The van der Waals surface area contributed by atoms with Gasteiger partial charge in [0.2, 0.25) is 0 Å². The Morgan fingerprint density at radius 3 is 2.56 bits per heavy atom. The molecule has 1 aromatic carbocycles. The predicted molar refractivity (Wildman–Crippen MR) is 72.8 cm³/mol. The Morgan fingerprint density at radius 2 is 1.83 bits per heavy atom. The van der Waals surface area contributed by atoms with Crippen LogP contribution in [0, 0.1) is 5.92 Å². The van der Waals surface area contributed by atoms with E-state index < -0.39 is 0 Å². The molecule has 1 fully saturated rings. The monoisotopic (exact) mass is 246 g/mol. The second-order valence-corrected chi connectivity index (χ2v) is 5.09. The molecule has 0 spiro atoms. The van der Waals surface area contributed by atoms with Gasteiger partial charge < -0.3 is 4.74 Å². The molecule has 0 amide bonds. The first-order chi connectivity index (χ1) is 8.86. The molecule has 0 aliphatic carbocycles. The molecule has 1 aromatic rings. The average Bonchev–Trinajstić information content (AvgIpc) is 2.45. The molecule has 2 nitrogen and oxygen atoms in total. The smallest absolute Gasteiger partial charge is 0.162 e. The number of carbonyl (C=O) groups excluding carboxylic acids is 1. The lowest BCUT2D eigenvalue weighted by molar-refractivity contribution is 0.0630. The van der Waals surface area contributed by atoms with Crippen molar-refractivity contribution in [2.75, 3.05) is 13.2 Å². The fourth-order valence-corrected chi connectivity index (χ4v) is 2.52. The highest BCUT2D eigenvalue weighted by Crippen LogP contribution is 2.21. The van der Waals surface area contributed by atoms with Gasteiger partial charge in [0.1, 0.15) is 0 Å². The number of hydrogen-bond acceptors (Lipinski definition) is 2. The van der Waals surface area contributed by atoms with Crippen molar-refractivity contribution in [3.05, 3.63) is 35.9 Å². The van der Waals surface area contributed by atoms with Crippen LogP contribution >= 0.6 is 0 Å². The van der Waals surface area contributed by atoms with Crippen LogP contribution in [0.1, 0.15) is 48.9 Å². The van der Waals surface area contributed by atoms with Gasteiger partial charge in [-0.1, -0.05) is 43.2 Å². The average molecular weight is 246 g/mol. The van der Waals surface area contributed by atoms with Crippen LogP contribution in [0.4, 0.5) is 0 Å². The summed E-state index contributed by atoms with van der Waals surface area (Å²) in [6, 6.07) is 9.61. The number of Topliss-reactive ketones (excluding diaryl/α,β-unsaturated/α-hetero) is 1. The molecule has 2 rings (SSSR count). The number of carbonyl (C=O) groups is 1. The lowest BCUT2D eigenvalue weighted by Crippen LogP contribution is -2.15. The minimum absolute atomic E-state index is 0.280. The Morgan fingerprint density at radius 1 is 1.11 bits per heavy atom. The Bertz CT molecular complexity index is 353. The summed E-state index contributed by atoms with van der Waals surface area (Å²) in [5.41, 5.74) is 0.851. The van der Waals surface area contributed by atoms with Crippen LogP contribution in [0.15, 0.2) is 30.3 Å². The van der Waals surface area contributed by atoms with E-state index in [0.717, 1.165) is 31.1 Å². The molecule has 18 heavy (non-hydrogen) atoms. The first-order valence-corrected chi connectivity index (χ1v) is 7.02. The maximum atomic E-state index is 11.9. The van der Waals surface area contributed by atoms with Gasteiger partial charge in [0.25, 0.3) is 0 Å². The van der Waals surface area contributed by atoms with Crippen molar-refractivity contribution in [3.8, 4) is 0 Å². The molecule has 0 atom stereocenters. The second kappa shape index (κ2) is 7.32. The molecule has 1 aliphatic heterocycles. The lowest BCUT2D eigenvalue weighted by Gasteiger charge is -2.21. The number of ketones is 1. The normalized spacial score (nSPS) is 16.7. The zero-order chi connectivity index (χ0) is 12.6. The fraction of sp³-hybridized carbons (Fsp3) is 0.562. The van der Waals surface area contributed by atoms with Gasteiger partial charge in [-0.3, -0.25) is 4.79 Å². The van der Waals surface area contributed by atoms with Crippen molar-refractivity contribution >= 4 is 5.78 Å². The van der Waals surface area contributed by atoms with Gasteiger partial charge in [-0.05, 0) is 25.2 Å². The van der Waals surface area contributed by atoms with Gasteiger partial charge >= 0.3 is 0 Å². The van der Waals surface area contributed by atoms with Crippen molar-refractivity contribution in [1.29, 1.82) is 0 Å². The summed E-state index contributed by atoms with van der Waals surface area (Å²) in [6.07, 6.45) is 6.53. The third kappa shape index (κ3) is 4.26. The van der Waals surface area contributed by atoms with E-state index in [1.54, 1.807) is 0 Å². The van der Waals surface area contributed by atoms with Gasteiger partial charge in [0.15, 0.2) is 5.78 Å². The quantitative estimate of drug-likeness (QED) is 0.563. The summed E-state index contributed by atoms with van der Waals surface area (Å²) in [5.74, 6) is 1.10. The van der Waals surface area contributed by atoms with Crippen LogP contribution in [0.3, 0.4) is 0 Å². The molecule has 0 radical (unpaired) electrons. The maximum absolute atomic E-state index is 11.9. The molecule has 2 heteroatoms. The Hall–Kier alpha value is -1.15. The van der Waals surface area contributed by atoms with Crippen LogP contribution in [-0.2, 0) is 4.74 Å². The van der Waals surface area contributed by atoms with E-state index in [-0.39, 0.29) is 5.78 Å². The number of rotatable bonds is 6. The second-order valence-electron chi connectivity index (χ2n) is 5.09. The molecular formula is C16H22O2.